The maximum atomic E-state index is 13.0. The maximum absolute atomic E-state index is 13.0. The fourth-order valence-corrected chi connectivity index (χ4v) is 5.62. The van der Waals surface area contributed by atoms with Crippen molar-refractivity contribution in [2.45, 2.75) is 56.7 Å². The number of sulfone groups is 1. The van der Waals surface area contributed by atoms with Crippen LogP contribution in [0.4, 0.5) is 0 Å². The Morgan fingerprint density at radius 1 is 1.29 bits per heavy atom. The number of imidazole rings is 1. The van der Waals surface area contributed by atoms with Gasteiger partial charge in [0, 0.05) is 37.3 Å². The highest BCUT2D eigenvalue weighted by atomic mass is 32.2. The van der Waals surface area contributed by atoms with E-state index < -0.39 is 9.84 Å². The molecule has 0 radical (unpaired) electrons. The van der Waals surface area contributed by atoms with Crippen molar-refractivity contribution < 1.29 is 13.2 Å². The van der Waals surface area contributed by atoms with Crippen molar-refractivity contribution in [3.8, 4) is 6.07 Å². The van der Waals surface area contributed by atoms with Crippen LogP contribution >= 0.6 is 0 Å². The molecule has 3 atom stereocenters. The van der Waals surface area contributed by atoms with Crippen molar-refractivity contribution in [1.82, 2.24) is 25.2 Å². The standard InChI is InChI=1S/C24H30N6O3S/c1-34(32,33)14-13-30-21(17-9-11-26-12-10-17)8-7-20(22(30)18-5-3-2-4-6-18)29-24(31)23-27-16-19(15-25)28-23/h5,9-12,16,20-22H,2-4,6-8,13-14H2,1H3,(H,27,28)(H,29,31). The molecule has 2 aliphatic rings. The molecule has 0 bridgehead atoms. The van der Waals surface area contributed by atoms with Crippen LogP contribution in [0.15, 0.2) is 42.4 Å². The number of aromatic amines is 1. The predicted octanol–water partition coefficient (Wildman–Crippen LogP) is 2.53. The maximum Gasteiger partial charge on any atom is 0.287 e. The lowest BCUT2D eigenvalue weighted by Gasteiger charge is -2.48. The third-order valence-corrected chi connectivity index (χ3v) is 7.56. The fourth-order valence-electron chi connectivity index (χ4n) is 5.08. The smallest absolute Gasteiger partial charge is 0.287 e. The van der Waals surface area contributed by atoms with Crippen molar-refractivity contribution in [3.63, 3.8) is 0 Å². The molecule has 1 aliphatic heterocycles. The summed E-state index contributed by atoms with van der Waals surface area (Å²) in [6, 6.07) is 5.62. The van der Waals surface area contributed by atoms with Gasteiger partial charge in [-0.2, -0.15) is 5.26 Å². The summed E-state index contributed by atoms with van der Waals surface area (Å²) < 4.78 is 24.2. The van der Waals surface area contributed by atoms with Gasteiger partial charge in [-0.05, 0) is 56.2 Å². The highest BCUT2D eigenvalue weighted by molar-refractivity contribution is 7.90. The van der Waals surface area contributed by atoms with E-state index in [4.69, 9.17) is 5.26 Å². The van der Waals surface area contributed by atoms with Crippen LogP contribution in [0, 0.1) is 11.3 Å². The number of rotatable bonds is 7. The number of piperidine rings is 1. The van der Waals surface area contributed by atoms with Crippen LogP contribution in [0.3, 0.4) is 0 Å². The number of allylic oxidation sites excluding steroid dienone is 1. The SMILES string of the molecule is CS(=O)(=O)CCN1C(c2ccncc2)CCC(NC(=O)c2ncc(C#N)[nH]2)C1C1=CCCCC1. The first-order valence-corrected chi connectivity index (χ1v) is 13.7. The minimum absolute atomic E-state index is 0.0273. The molecule has 10 heteroatoms. The number of H-pyrrole nitrogens is 1. The highest BCUT2D eigenvalue weighted by Gasteiger charge is 2.41. The van der Waals surface area contributed by atoms with E-state index in [-0.39, 0.29) is 41.3 Å². The van der Waals surface area contributed by atoms with Gasteiger partial charge >= 0.3 is 0 Å². The van der Waals surface area contributed by atoms with Crippen molar-refractivity contribution in [2.75, 3.05) is 18.6 Å². The lowest BCUT2D eigenvalue weighted by atomic mass is 9.81. The monoisotopic (exact) mass is 482 g/mol. The normalized spacial score (nSPS) is 23.6. The van der Waals surface area contributed by atoms with Gasteiger partial charge in [0.2, 0.25) is 0 Å². The van der Waals surface area contributed by atoms with E-state index in [0.717, 1.165) is 44.1 Å². The lowest BCUT2D eigenvalue weighted by Crippen LogP contribution is -2.58. The quantitative estimate of drug-likeness (QED) is 0.580. The molecule has 0 saturated carbocycles. The minimum atomic E-state index is -3.17. The van der Waals surface area contributed by atoms with Crippen LogP contribution in [0.25, 0.3) is 0 Å². The van der Waals surface area contributed by atoms with Crippen LogP contribution in [0.5, 0.6) is 0 Å². The molecular formula is C24H30N6O3S. The first kappa shape index (κ1) is 24.1. The van der Waals surface area contributed by atoms with E-state index in [0.29, 0.717) is 6.54 Å². The Balaban J connectivity index is 1.67. The van der Waals surface area contributed by atoms with Crippen molar-refractivity contribution >= 4 is 15.7 Å². The van der Waals surface area contributed by atoms with Crippen LogP contribution in [-0.2, 0) is 9.84 Å². The molecule has 1 aliphatic carbocycles. The molecule has 1 fully saturated rings. The topological polar surface area (TPSA) is 132 Å². The number of aromatic nitrogens is 3. The molecular weight excluding hydrogens is 452 g/mol. The van der Waals surface area contributed by atoms with Gasteiger partial charge in [-0.15, -0.1) is 0 Å². The van der Waals surface area contributed by atoms with Gasteiger partial charge in [-0.25, -0.2) is 13.4 Å². The third kappa shape index (κ3) is 5.72. The lowest BCUT2D eigenvalue weighted by molar-refractivity contribution is 0.0662. The first-order chi connectivity index (χ1) is 16.4. The number of carbonyl (C=O) groups is 1. The van der Waals surface area contributed by atoms with E-state index in [1.165, 1.54) is 18.0 Å². The average Bonchev–Trinajstić information content (AvgIpc) is 3.33. The summed E-state index contributed by atoms with van der Waals surface area (Å²) in [5.74, 6) is -0.215. The average molecular weight is 483 g/mol. The zero-order valence-electron chi connectivity index (χ0n) is 19.3. The molecule has 1 saturated heterocycles. The number of pyridine rings is 1. The number of likely N-dealkylation sites (tertiary alicyclic amines) is 1. The highest BCUT2D eigenvalue weighted by Crippen LogP contribution is 2.39. The molecule has 4 rings (SSSR count). The Hall–Kier alpha value is -3.03. The van der Waals surface area contributed by atoms with Gasteiger partial charge in [0.05, 0.1) is 18.0 Å². The summed E-state index contributed by atoms with van der Waals surface area (Å²) in [7, 11) is -3.17. The molecule has 1 amide bonds. The number of nitrogens with one attached hydrogen (secondary N) is 2. The largest absolute Gasteiger partial charge is 0.345 e. The molecule has 9 nitrogen and oxygen atoms in total. The molecule has 2 aromatic heterocycles. The summed E-state index contributed by atoms with van der Waals surface area (Å²) in [6.45, 7) is 0.375. The molecule has 0 spiro atoms. The third-order valence-electron chi connectivity index (χ3n) is 6.63. The van der Waals surface area contributed by atoms with E-state index in [1.807, 2.05) is 18.2 Å². The summed E-state index contributed by atoms with van der Waals surface area (Å²) in [5.41, 5.74) is 2.58. The summed E-state index contributed by atoms with van der Waals surface area (Å²) >= 11 is 0. The molecule has 2 aromatic rings. The van der Waals surface area contributed by atoms with Gasteiger partial charge in [0.25, 0.3) is 5.91 Å². The molecule has 3 heterocycles. The summed E-state index contributed by atoms with van der Waals surface area (Å²) in [5, 5.41) is 12.2. The van der Waals surface area contributed by atoms with Gasteiger partial charge in [-0.3, -0.25) is 14.7 Å². The fraction of sp³-hybridized carbons (Fsp3) is 0.500. The zero-order valence-corrected chi connectivity index (χ0v) is 20.1. The number of hydrogen-bond donors (Lipinski definition) is 2. The van der Waals surface area contributed by atoms with Gasteiger partial charge in [0.15, 0.2) is 5.82 Å². The Morgan fingerprint density at radius 2 is 2.09 bits per heavy atom. The number of hydrogen-bond acceptors (Lipinski definition) is 7. The number of carbonyl (C=O) groups excluding carboxylic acids is 1. The Morgan fingerprint density at radius 3 is 2.74 bits per heavy atom. The second-order valence-electron chi connectivity index (χ2n) is 9.05. The van der Waals surface area contributed by atoms with Gasteiger partial charge in [0.1, 0.15) is 21.6 Å². The van der Waals surface area contributed by atoms with E-state index in [9.17, 15) is 13.2 Å². The molecule has 3 unspecified atom stereocenters. The van der Waals surface area contributed by atoms with Crippen molar-refractivity contribution in [3.05, 3.63) is 59.5 Å². The van der Waals surface area contributed by atoms with E-state index in [2.05, 4.69) is 31.2 Å². The molecule has 180 valence electrons. The van der Waals surface area contributed by atoms with Crippen molar-refractivity contribution in [2.24, 2.45) is 0 Å². The second-order valence-corrected chi connectivity index (χ2v) is 11.3. The molecule has 34 heavy (non-hydrogen) atoms. The Kier molecular flexibility index (Phi) is 7.44. The van der Waals surface area contributed by atoms with Crippen molar-refractivity contribution in [1.29, 1.82) is 5.26 Å². The van der Waals surface area contributed by atoms with E-state index >= 15 is 0 Å². The summed E-state index contributed by atoms with van der Waals surface area (Å²) in [6.07, 6.45) is 14.0. The van der Waals surface area contributed by atoms with Crippen LogP contribution in [0.2, 0.25) is 0 Å². The van der Waals surface area contributed by atoms with Crippen LogP contribution < -0.4 is 5.32 Å². The van der Waals surface area contributed by atoms with E-state index in [1.54, 1.807) is 12.4 Å². The number of nitrogens with zero attached hydrogens (tertiary/aromatic N) is 4. The first-order valence-electron chi connectivity index (χ1n) is 11.6. The Labute approximate surface area is 200 Å². The number of amides is 1. The zero-order chi connectivity index (χ0) is 24.1. The van der Waals surface area contributed by atoms with Crippen LogP contribution in [0.1, 0.15) is 66.4 Å². The second kappa shape index (κ2) is 10.5. The van der Waals surface area contributed by atoms with Gasteiger partial charge in [-0.1, -0.05) is 11.6 Å². The molecule has 2 N–H and O–H groups in total. The molecule has 0 aromatic carbocycles. The summed E-state index contributed by atoms with van der Waals surface area (Å²) in [4.78, 5) is 26.2. The minimum Gasteiger partial charge on any atom is -0.345 e. The number of nitriles is 1. The predicted molar refractivity (Wildman–Crippen MR) is 128 cm³/mol. The van der Waals surface area contributed by atoms with Gasteiger partial charge < -0.3 is 10.3 Å². The van der Waals surface area contributed by atoms with Crippen LogP contribution in [-0.4, -0.2) is 64.8 Å². The Bertz CT molecular complexity index is 1180.